The average molecular weight is 329 g/mol. The maximum Gasteiger partial charge on any atom is 0.162 e. The van der Waals surface area contributed by atoms with Crippen LogP contribution in [0.15, 0.2) is 84.9 Å². The number of rotatable bonds is 7. The van der Waals surface area contributed by atoms with Gasteiger partial charge in [0.2, 0.25) is 0 Å². The van der Waals surface area contributed by atoms with Crippen molar-refractivity contribution < 1.29 is 9.47 Å². The van der Waals surface area contributed by atoms with Gasteiger partial charge in [-0.05, 0) is 35.7 Å². The summed E-state index contributed by atoms with van der Waals surface area (Å²) in [7, 11) is 0. The highest BCUT2D eigenvalue weighted by molar-refractivity contribution is 5.56. The summed E-state index contributed by atoms with van der Waals surface area (Å²) in [5.74, 6) is 1.47. The predicted molar refractivity (Wildman–Crippen MR) is 102 cm³/mol. The molecule has 3 aromatic carbocycles. The van der Waals surface area contributed by atoms with E-state index in [-0.39, 0.29) is 0 Å². The van der Waals surface area contributed by atoms with Crippen LogP contribution < -0.4 is 9.47 Å². The standard InChI is InChI=1S/C23H21O2/c1-2-9-19-14-15-22(24-17-20-10-5-3-6-11-20)23(16-19)25-18-21-12-7-4-8-13-21/h2-16H,1,17-18H2. The molecule has 0 unspecified atom stereocenters. The van der Waals surface area contributed by atoms with Crippen molar-refractivity contribution in [2.45, 2.75) is 13.2 Å². The van der Waals surface area contributed by atoms with Crippen molar-refractivity contribution in [3.05, 3.63) is 109 Å². The molecule has 3 aromatic rings. The van der Waals surface area contributed by atoms with Crippen molar-refractivity contribution in [3.8, 4) is 11.5 Å². The molecule has 2 nitrogen and oxygen atoms in total. The van der Waals surface area contributed by atoms with E-state index in [1.165, 1.54) is 0 Å². The average Bonchev–Trinajstić information content (AvgIpc) is 2.67. The van der Waals surface area contributed by atoms with Gasteiger partial charge in [0, 0.05) is 0 Å². The molecule has 3 rings (SSSR count). The molecule has 125 valence electrons. The van der Waals surface area contributed by atoms with Crippen molar-refractivity contribution in [1.82, 2.24) is 0 Å². The molecule has 0 fully saturated rings. The van der Waals surface area contributed by atoms with Gasteiger partial charge in [0.1, 0.15) is 13.2 Å². The van der Waals surface area contributed by atoms with E-state index in [2.05, 4.69) is 6.92 Å². The van der Waals surface area contributed by atoms with Gasteiger partial charge >= 0.3 is 0 Å². The highest BCUT2D eigenvalue weighted by Gasteiger charge is 2.07. The molecule has 0 N–H and O–H groups in total. The fourth-order valence-electron chi connectivity index (χ4n) is 2.47. The predicted octanol–water partition coefficient (Wildman–Crippen LogP) is 5.69. The molecule has 0 saturated heterocycles. The van der Waals surface area contributed by atoms with Crippen LogP contribution in [0.1, 0.15) is 16.7 Å². The molecule has 0 heterocycles. The summed E-state index contributed by atoms with van der Waals surface area (Å²) >= 11 is 0. The van der Waals surface area contributed by atoms with Crippen LogP contribution >= 0.6 is 0 Å². The van der Waals surface area contributed by atoms with Crippen LogP contribution in [-0.4, -0.2) is 0 Å². The van der Waals surface area contributed by atoms with Gasteiger partial charge in [0.15, 0.2) is 11.5 Å². The molecule has 0 amide bonds. The molecule has 1 radical (unpaired) electrons. The zero-order valence-corrected chi connectivity index (χ0v) is 14.1. The lowest BCUT2D eigenvalue weighted by Gasteiger charge is -2.14. The van der Waals surface area contributed by atoms with Gasteiger partial charge in [-0.3, -0.25) is 0 Å². The first-order valence-corrected chi connectivity index (χ1v) is 8.28. The summed E-state index contributed by atoms with van der Waals surface area (Å²) in [5, 5.41) is 0. The fraction of sp³-hybridized carbons (Fsp3) is 0.0870. The maximum absolute atomic E-state index is 6.02. The number of benzene rings is 3. The molecule has 0 bridgehead atoms. The van der Waals surface area contributed by atoms with Crippen LogP contribution in [0.25, 0.3) is 6.08 Å². The van der Waals surface area contributed by atoms with Gasteiger partial charge in [-0.25, -0.2) is 0 Å². The zero-order chi connectivity index (χ0) is 17.3. The van der Waals surface area contributed by atoms with Crippen LogP contribution in [-0.2, 0) is 13.2 Å². The summed E-state index contributed by atoms with van der Waals surface area (Å²) in [5.41, 5.74) is 3.28. The lowest BCUT2D eigenvalue weighted by Crippen LogP contribution is -2.00. The summed E-state index contributed by atoms with van der Waals surface area (Å²) in [4.78, 5) is 0. The minimum atomic E-state index is 0.500. The molecule has 0 saturated carbocycles. The lowest BCUT2D eigenvalue weighted by atomic mass is 10.2. The topological polar surface area (TPSA) is 18.5 Å². The van der Waals surface area contributed by atoms with E-state index in [4.69, 9.17) is 9.47 Å². The third-order valence-electron chi connectivity index (χ3n) is 3.75. The highest BCUT2D eigenvalue weighted by atomic mass is 16.5. The van der Waals surface area contributed by atoms with E-state index in [1.807, 2.05) is 84.9 Å². The van der Waals surface area contributed by atoms with Crippen molar-refractivity contribution >= 4 is 6.08 Å². The Kier molecular flexibility index (Phi) is 5.89. The Morgan fingerprint density at radius 3 is 1.80 bits per heavy atom. The Hall–Kier alpha value is -3.00. The quantitative estimate of drug-likeness (QED) is 0.554. The Bertz CT molecular complexity index is 808. The van der Waals surface area contributed by atoms with Crippen molar-refractivity contribution in [1.29, 1.82) is 0 Å². The van der Waals surface area contributed by atoms with Crippen LogP contribution in [0.3, 0.4) is 0 Å². The third kappa shape index (κ3) is 4.98. The second-order valence-corrected chi connectivity index (χ2v) is 5.66. The van der Waals surface area contributed by atoms with Crippen molar-refractivity contribution in [2.24, 2.45) is 0 Å². The highest BCUT2D eigenvalue weighted by Crippen LogP contribution is 2.30. The molecular formula is C23H21O2. The van der Waals surface area contributed by atoms with E-state index in [9.17, 15) is 0 Å². The molecule has 0 atom stereocenters. The smallest absolute Gasteiger partial charge is 0.162 e. The normalized spacial score (nSPS) is 10.8. The lowest BCUT2D eigenvalue weighted by molar-refractivity contribution is 0.256. The van der Waals surface area contributed by atoms with Crippen LogP contribution in [0.5, 0.6) is 11.5 Å². The van der Waals surface area contributed by atoms with Crippen LogP contribution in [0.2, 0.25) is 0 Å². The first kappa shape index (κ1) is 16.8. The Morgan fingerprint density at radius 2 is 1.24 bits per heavy atom. The van der Waals surface area contributed by atoms with E-state index >= 15 is 0 Å². The number of hydrogen-bond donors (Lipinski definition) is 0. The van der Waals surface area contributed by atoms with Crippen molar-refractivity contribution in [2.75, 3.05) is 0 Å². The van der Waals surface area contributed by atoms with E-state index in [0.717, 1.165) is 28.2 Å². The monoisotopic (exact) mass is 329 g/mol. The minimum absolute atomic E-state index is 0.500. The van der Waals surface area contributed by atoms with Crippen LogP contribution in [0.4, 0.5) is 0 Å². The molecular weight excluding hydrogens is 308 g/mol. The Labute approximate surface area is 149 Å². The first-order chi connectivity index (χ1) is 12.3. The van der Waals surface area contributed by atoms with Crippen molar-refractivity contribution in [3.63, 3.8) is 0 Å². The largest absolute Gasteiger partial charge is 0.485 e. The van der Waals surface area contributed by atoms with Gasteiger partial charge in [-0.1, -0.05) is 78.9 Å². The minimum Gasteiger partial charge on any atom is -0.485 e. The van der Waals surface area contributed by atoms with Gasteiger partial charge < -0.3 is 9.47 Å². The zero-order valence-electron chi connectivity index (χ0n) is 14.1. The molecule has 0 aliphatic carbocycles. The first-order valence-electron chi connectivity index (χ1n) is 8.28. The van der Waals surface area contributed by atoms with Crippen LogP contribution in [0, 0.1) is 6.92 Å². The molecule has 25 heavy (non-hydrogen) atoms. The third-order valence-corrected chi connectivity index (χ3v) is 3.75. The summed E-state index contributed by atoms with van der Waals surface area (Å²) in [6.07, 6.45) is 3.71. The molecule has 2 heteroatoms. The maximum atomic E-state index is 6.02. The molecule has 0 spiro atoms. The van der Waals surface area contributed by atoms with E-state index in [0.29, 0.717) is 13.2 Å². The Morgan fingerprint density at radius 1 is 0.680 bits per heavy atom. The number of ether oxygens (including phenoxy) is 2. The molecule has 0 aromatic heterocycles. The van der Waals surface area contributed by atoms with Gasteiger partial charge in [0.05, 0.1) is 0 Å². The van der Waals surface area contributed by atoms with E-state index < -0.39 is 0 Å². The van der Waals surface area contributed by atoms with Gasteiger partial charge in [-0.15, -0.1) is 0 Å². The number of allylic oxidation sites excluding steroid dienone is 1. The number of hydrogen-bond acceptors (Lipinski definition) is 2. The summed E-state index contributed by atoms with van der Waals surface area (Å²) in [6, 6.07) is 26.1. The fourth-order valence-corrected chi connectivity index (χ4v) is 2.47. The summed E-state index contributed by atoms with van der Waals surface area (Å²) < 4.78 is 12.0. The molecule has 0 aliphatic heterocycles. The van der Waals surface area contributed by atoms with Gasteiger partial charge in [0.25, 0.3) is 0 Å². The SMILES string of the molecule is [CH2]C=Cc1ccc(OCc2ccccc2)c(OCc2ccccc2)c1. The second-order valence-electron chi connectivity index (χ2n) is 5.66. The molecule has 0 aliphatic rings. The van der Waals surface area contributed by atoms with E-state index in [1.54, 1.807) is 6.08 Å². The van der Waals surface area contributed by atoms with Gasteiger partial charge in [-0.2, -0.15) is 0 Å². The summed E-state index contributed by atoms with van der Waals surface area (Å²) in [6.45, 7) is 4.76. The second kappa shape index (κ2) is 8.74. The Balaban J connectivity index is 1.76.